The number of benzene rings is 2. The van der Waals surface area contributed by atoms with Crippen LogP contribution in [0.25, 0.3) is 11.1 Å². The van der Waals surface area contributed by atoms with Gasteiger partial charge in [-0.05, 0) is 35.2 Å². The lowest BCUT2D eigenvalue weighted by atomic mass is 9.98. The van der Waals surface area contributed by atoms with Gasteiger partial charge in [-0.3, -0.25) is 9.48 Å². The van der Waals surface area contributed by atoms with E-state index in [2.05, 4.69) is 34.7 Å². The number of hydrogen-bond acceptors (Lipinski definition) is 5. The average molecular weight is 463 g/mol. The zero-order valence-electron chi connectivity index (χ0n) is 19.2. The van der Waals surface area contributed by atoms with Gasteiger partial charge < -0.3 is 20.1 Å². The molecule has 0 fully saturated rings. The van der Waals surface area contributed by atoms with Crippen LogP contribution in [0, 0.1) is 0 Å². The number of fused-ring (bicyclic) bond motifs is 3. The van der Waals surface area contributed by atoms with Crippen molar-refractivity contribution in [2.75, 3.05) is 13.7 Å². The molecule has 1 aliphatic rings. The quantitative estimate of drug-likeness (QED) is 0.558. The van der Waals surface area contributed by atoms with Gasteiger partial charge in [0.1, 0.15) is 18.3 Å². The Morgan fingerprint density at radius 2 is 1.71 bits per heavy atom. The van der Waals surface area contributed by atoms with Crippen molar-refractivity contribution in [1.29, 1.82) is 0 Å². The van der Waals surface area contributed by atoms with E-state index in [1.54, 1.807) is 7.05 Å². The second-order valence-corrected chi connectivity index (χ2v) is 8.25. The number of alkyl carbamates (subject to hydrolysis) is 1. The number of rotatable bonds is 7. The summed E-state index contributed by atoms with van der Waals surface area (Å²) in [5, 5.41) is 16.0. The van der Waals surface area contributed by atoms with Crippen LogP contribution in [-0.2, 0) is 23.1 Å². The number of carboxylic acids is 1. The lowest BCUT2D eigenvalue weighted by Crippen LogP contribution is -2.40. The van der Waals surface area contributed by atoms with Crippen LogP contribution in [0.4, 0.5) is 4.79 Å². The van der Waals surface area contributed by atoms with Crippen LogP contribution in [0.3, 0.4) is 0 Å². The van der Waals surface area contributed by atoms with Gasteiger partial charge >= 0.3 is 12.1 Å². The van der Waals surface area contributed by atoms with Gasteiger partial charge in [-0.2, -0.15) is 5.10 Å². The second kappa shape index (κ2) is 9.38. The average Bonchev–Trinajstić information content (AvgIpc) is 3.37. The lowest BCUT2D eigenvalue weighted by Gasteiger charge is -2.21. The molecule has 1 atom stereocenters. The van der Waals surface area contributed by atoms with E-state index in [-0.39, 0.29) is 24.8 Å². The van der Waals surface area contributed by atoms with Crippen molar-refractivity contribution >= 4 is 18.0 Å². The number of aliphatic carboxylic acids is 1. The predicted octanol–water partition coefficient (Wildman–Crippen LogP) is 3.00. The molecule has 2 aromatic carbocycles. The van der Waals surface area contributed by atoms with Crippen LogP contribution in [0.5, 0.6) is 0 Å². The summed E-state index contributed by atoms with van der Waals surface area (Å²) in [6.45, 7) is 1.69. The van der Waals surface area contributed by atoms with Gasteiger partial charge in [-0.25, -0.2) is 9.59 Å². The van der Waals surface area contributed by atoms with Gasteiger partial charge in [0, 0.05) is 20.0 Å². The highest BCUT2D eigenvalue weighted by Gasteiger charge is 2.29. The van der Waals surface area contributed by atoms with Gasteiger partial charge in [0.15, 0.2) is 0 Å². The standard InChI is InChI=1S/C25H26N4O5/c1-15(24(31)32)28(2)23(30)22-12-16(27-29(22)3)13-26-25(33)34-14-21-19-10-6-4-8-17(19)18-9-5-7-11-20(18)21/h4-12,15,21H,13-14H2,1-3H3,(H,26,33)(H,31,32). The van der Waals surface area contributed by atoms with Gasteiger partial charge in [-0.1, -0.05) is 48.5 Å². The predicted molar refractivity (Wildman–Crippen MR) is 124 cm³/mol. The molecule has 34 heavy (non-hydrogen) atoms. The number of nitrogens with one attached hydrogen (secondary N) is 1. The number of aryl methyl sites for hydroxylation is 1. The summed E-state index contributed by atoms with van der Waals surface area (Å²) >= 11 is 0. The normalized spacial score (nSPS) is 13.0. The SMILES string of the molecule is CC(C(=O)O)N(C)C(=O)c1cc(CNC(=O)OCC2c3ccccc3-c3ccccc32)nn1C. The van der Waals surface area contributed by atoms with Crippen LogP contribution >= 0.6 is 0 Å². The summed E-state index contributed by atoms with van der Waals surface area (Å²) in [4.78, 5) is 37.3. The molecule has 1 aromatic heterocycles. The summed E-state index contributed by atoms with van der Waals surface area (Å²) in [5.74, 6) is -1.61. The second-order valence-electron chi connectivity index (χ2n) is 8.25. The molecule has 4 rings (SSSR count). The van der Waals surface area contributed by atoms with Crippen LogP contribution < -0.4 is 5.32 Å². The minimum absolute atomic E-state index is 0.0380. The molecule has 3 aromatic rings. The van der Waals surface area contributed by atoms with E-state index >= 15 is 0 Å². The minimum Gasteiger partial charge on any atom is -0.480 e. The van der Waals surface area contributed by atoms with Gasteiger partial charge in [-0.15, -0.1) is 0 Å². The molecule has 0 radical (unpaired) electrons. The molecule has 2 N–H and O–H groups in total. The Kier molecular flexibility index (Phi) is 6.36. The third-order valence-electron chi connectivity index (χ3n) is 6.17. The molecule has 176 valence electrons. The summed E-state index contributed by atoms with van der Waals surface area (Å²) < 4.78 is 6.88. The van der Waals surface area contributed by atoms with Crippen LogP contribution in [0.15, 0.2) is 54.6 Å². The fourth-order valence-corrected chi connectivity index (χ4v) is 4.15. The third kappa shape index (κ3) is 4.36. The van der Waals surface area contributed by atoms with Crippen molar-refractivity contribution in [3.8, 4) is 11.1 Å². The van der Waals surface area contributed by atoms with Crippen molar-refractivity contribution in [3.63, 3.8) is 0 Å². The molecule has 0 saturated heterocycles. The topological polar surface area (TPSA) is 114 Å². The molecular weight excluding hydrogens is 436 g/mol. The van der Waals surface area contributed by atoms with E-state index in [4.69, 9.17) is 9.84 Å². The molecule has 2 amide bonds. The summed E-state index contributed by atoms with van der Waals surface area (Å²) in [6, 6.07) is 16.7. The van der Waals surface area contributed by atoms with Crippen molar-refractivity contribution in [2.45, 2.75) is 25.4 Å². The summed E-state index contributed by atoms with van der Waals surface area (Å²) in [6.07, 6.45) is -0.586. The summed E-state index contributed by atoms with van der Waals surface area (Å²) in [5.41, 5.74) is 5.24. The number of carbonyl (C=O) groups excluding carboxylic acids is 2. The number of ether oxygens (including phenoxy) is 1. The monoisotopic (exact) mass is 462 g/mol. The van der Waals surface area contributed by atoms with Crippen LogP contribution in [0.2, 0.25) is 0 Å². The maximum absolute atomic E-state index is 12.6. The number of carbonyl (C=O) groups is 3. The van der Waals surface area contributed by atoms with Gasteiger partial charge in [0.2, 0.25) is 0 Å². The Morgan fingerprint density at radius 3 is 2.29 bits per heavy atom. The van der Waals surface area contributed by atoms with Gasteiger partial charge in [0.05, 0.1) is 12.2 Å². The Hall–Kier alpha value is -4.14. The number of nitrogens with zero attached hydrogens (tertiary/aromatic N) is 3. The molecule has 0 saturated carbocycles. The Morgan fingerprint density at radius 1 is 1.12 bits per heavy atom. The fraction of sp³-hybridized carbons (Fsp3) is 0.280. The molecular formula is C25H26N4O5. The number of amides is 2. The first-order valence-electron chi connectivity index (χ1n) is 10.9. The van der Waals surface area contributed by atoms with Crippen LogP contribution in [-0.4, -0.2) is 57.5 Å². The largest absolute Gasteiger partial charge is 0.480 e. The van der Waals surface area contributed by atoms with E-state index < -0.39 is 24.0 Å². The van der Waals surface area contributed by atoms with Crippen molar-refractivity contribution < 1.29 is 24.2 Å². The first-order valence-corrected chi connectivity index (χ1v) is 10.9. The van der Waals surface area contributed by atoms with Gasteiger partial charge in [0.25, 0.3) is 5.91 Å². The molecule has 1 heterocycles. The number of likely N-dealkylation sites (N-methyl/N-ethyl adjacent to an activating group) is 1. The molecule has 0 bridgehead atoms. The smallest absolute Gasteiger partial charge is 0.407 e. The molecule has 1 aliphatic carbocycles. The highest BCUT2D eigenvalue weighted by Crippen LogP contribution is 2.44. The summed E-state index contributed by atoms with van der Waals surface area (Å²) in [7, 11) is 3.01. The zero-order chi connectivity index (χ0) is 24.4. The van der Waals surface area contributed by atoms with E-state index in [1.807, 2.05) is 24.3 Å². The fourth-order valence-electron chi connectivity index (χ4n) is 4.15. The zero-order valence-corrected chi connectivity index (χ0v) is 19.2. The maximum atomic E-state index is 12.6. The number of carboxylic acid groups (broad SMARTS) is 1. The first kappa shape index (κ1) is 23.0. The third-order valence-corrected chi connectivity index (χ3v) is 6.17. The minimum atomic E-state index is -1.10. The number of aromatic nitrogens is 2. The molecule has 0 aliphatic heterocycles. The Labute approximate surface area is 196 Å². The number of hydrogen-bond donors (Lipinski definition) is 2. The molecule has 9 nitrogen and oxygen atoms in total. The van der Waals surface area contributed by atoms with E-state index in [9.17, 15) is 14.4 Å². The Bertz CT molecular complexity index is 1210. The van der Waals surface area contributed by atoms with E-state index in [0.717, 1.165) is 27.2 Å². The lowest BCUT2D eigenvalue weighted by molar-refractivity contribution is -0.141. The highest BCUT2D eigenvalue weighted by molar-refractivity contribution is 5.95. The molecule has 9 heteroatoms. The van der Waals surface area contributed by atoms with Crippen molar-refractivity contribution in [2.24, 2.45) is 7.05 Å². The maximum Gasteiger partial charge on any atom is 0.407 e. The molecule has 0 spiro atoms. The Balaban J connectivity index is 1.36. The van der Waals surface area contributed by atoms with E-state index in [1.165, 1.54) is 24.7 Å². The molecule has 1 unspecified atom stereocenters. The van der Waals surface area contributed by atoms with Crippen molar-refractivity contribution in [1.82, 2.24) is 20.0 Å². The highest BCUT2D eigenvalue weighted by atomic mass is 16.5. The van der Waals surface area contributed by atoms with Crippen molar-refractivity contribution in [3.05, 3.63) is 77.1 Å². The van der Waals surface area contributed by atoms with E-state index in [0.29, 0.717) is 5.69 Å². The first-order chi connectivity index (χ1) is 16.3. The van der Waals surface area contributed by atoms with Crippen LogP contribution in [0.1, 0.15) is 40.2 Å².